The van der Waals surface area contributed by atoms with Crippen LogP contribution in [0.1, 0.15) is 16.3 Å². The van der Waals surface area contributed by atoms with Gasteiger partial charge >= 0.3 is 0 Å². The van der Waals surface area contributed by atoms with Gasteiger partial charge in [-0.2, -0.15) is 0 Å². The topological polar surface area (TPSA) is 38.0 Å². The number of rotatable bonds is 4. The lowest BCUT2D eigenvalue weighted by atomic mass is 10.2. The SMILES string of the molecule is Oc1ccc(Cn2ccnc2Cc2cccs2)cc1. The van der Waals surface area contributed by atoms with Crippen LogP contribution in [0.5, 0.6) is 5.75 Å². The van der Waals surface area contributed by atoms with Crippen LogP contribution in [0, 0.1) is 0 Å². The quantitative estimate of drug-likeness (QED) is 0.790. The van der Waals surface area contributed by atoms with Crippen molar-refractivity contribution in [1.29, 1.82) is 0 Å². The minimum absolute atomic E-state index is 0.299. The van der Waals surface area contributed by atoms with Crippen molar-refractivity contribution < 1.29 is 5.11 Å². The first kappa shape index (κ1) is 12.0. The van der Waals surface area contributed by atoms with Gasteiger partial charge in [-0.15, -0.1) is 11.3 Å². The molecule has 3 rings (SSSR count). The first-order valence-electron chi connectivity index (χ1n) is 6.11. The Kier molecular flexibility index (Phi) is 3.33. The molecule has 96 valence electrons. The van der Waals surface area contributed by atoms with Gasteiger partial charge in [0.05, 0.1) is 0 Å². The molecule has 1 N–H and O–H groups in total. The van der Waals surface area contributed by atoms with Crippen LogP contribution in [-0.2, 0) is 13.0 Å². The Bertz CT molecular complexity index is 641. The predicted molar refractivity (Wildman–Crippen MR) is 76.6 cm³/mol. The summed E-state index contributed by atoms with van der Waals surface area (Å²) in [5.74, 6) is 1.36. The maximum atomic E-state index is 9.29. The lowest BCUT2D eigenvalue weighted by Gasteiger charge is -2.07. The number of hydrogen-bond acceptors (Lipinski definition) is 3. The van der Waals surface area contributed by atoms with E-state index in [0.717, 1.165) is 24.4 Å². The van der Waals surface area contributed by atoms with E-state index in [2.05, 4.69) is 27.1 Å². The molecule has 0 atom stereocenters. The second-order valence-corrected chi connectivity index (χ2v) is 5.43. The minimum Gasteiger partial charge on any atom is -0.508 e. The molecule has 0 aliphatic heterocycles. The van der Waals surface area contributed by atoms with Crippen LogP contribution in [0.2, 0.25) is 0 Å². The fourth-order valence-electron chi connectivity index (χ4n) is 2.02. The molecular formula is C15H14N2OS. The molecule has 0 aliphatic carbocycles. The van der Waals surface area contributed by atoms with Gasteiger partial charge in [0, 0.05) is 30.2 Å². The van der Waals surface area contributed by atoms with Crippen molar-refractivity contribution in [1.82, 2.24) is 9.55 Å². The highest BCUT2D eigenvalue weighted by Crippen LogP contribution is 2.16. The van der Waals surface area contributed by atoms with Crippen LogP contribution in [0.15, 0.2) is 54.2 Å². The zero-order valence-corrected chi connectivity index (χ0v) is 11.2. The van der Waals surface area contributed by atoms with Gasteiger partial charge < -0.3 is 9.67 Å². The molecule has 0 fully saturated rings. The Morgan fingerprint density at radius 3 is 2.74 bits per heavy atom. The zero-order chi connectivity index (χ0) is 13.1. The van der Waals surface area contributed by atoms with Gasteiger partial charge in [-0.25, -0.2) is 4.98 Å². The molecule has 19 heavy (non-hydrogen) atoms. The van der Waals surface area contributed by atoms with E-state index < -0.39 is 0 Å². The number of aromatic nitrogens is 2. The van der Waals surface area contributed by atoms with Crippen LogP contribution in [0.4, 0.5) is 0 Å². The lowest BCUT2D eigenvalue weighted by Crippen LogP contribution is -2.04. The van der Waals surface area contributed by atoms with Gasteiger partial charge in [-0.1, -0.05) is 18.2 Å². The summed E-state index contributed by atoms with van der Waals surface area (Å²) < 4.78 is 2.14. The second-order valence-electron chi connectivity index (χ2n) is 4.39. The van der Waals surface area contributed by atoms with Crippen molar-refractivity contribution in [3.05, 3.63) is 70.4 Å². The molecule has 3 aromatic rings. The molecule has 0 aliphatic rings. The van der Waals surface area contributed by atoms with Crippen LogP contribution < -0.4 is 0 Å². The molecule has 0 unspecified atom stereocenters. The van der Waals surface area contributed by atoms with Gasteiger partial charge in [-0.05, 0) is 29.1 Å². The predicted octanol–water partition coefficient (Wildman–Crippen LogP) is 3.29. The highest BCUT2D eigenvalue weighted by molar-refractivity contribution is 7.09. The van der Waals surface area contributed by atoms with E-state index in [1.54, 1.807) is 23.5 Å². The molecule has 0 saturated heterocycles. The summed E-state index contributed by atoms with van der Waals surface area (Å²) in [6.07, 6.45) is 4.70. The number of phenols is 1. The highest BCUT2D eigenvalue weighted by atomic mass is 32.1. The lowest BCUT2D eigenvalue weighted by molar-refractivity contribution is 0.475. The summed E-state index contributed by atoms with van der Waals surface area (Å²) in [4.78, 5) is 5.74. The average molecular weight is 270 g/mol. The van der Waals surface area contributed by atoms with Crippen LogP contribution in [0.25, 0.3) is 0 Å². The zero-order valence-electron chi connectivity index (χ0n) is 10.4. The number of aromatic hydroxyl groups is 1. The number of hydrogen-bond donors (Lipinski definition) is 1. The molecule has 2 heterocycles. The van der Waals surface area contributed by atoms with Crippen molar-refractivity contribution in [2.45, 2.75) is 13.0 Å². The monoisotopic (exact) mass is 270 g/mol. The third-order valence-electron chi connectivity index (χ3n) is 3.00. The first-order chi connectivity index (χ1) is 9.31. The number of thiophene rings is 1. The molecule has 0 amide bonds. The maximum Gasteiger partial charge on any atom is 0.115 e. The number of imidazole rings is 1. The van der Waals surface area contributed by atoms with Crippen molar-refractivity contribution in [2.24, 2.45) is 0 Å². The van der Waals surface area contributed by atoms with Crippen LogP contribution in [0.3, 0.4) is 0 Å². The third kappa shape index (κ3) is 2.85. The number of phenolic OH excluding ortho intramolecular Hbond substituents is 1. The Labute approximate surface area is 115 Å². The molecule has 4 heteroatoms. The van der Waals surface area contributed by atoms with Gasteiger partial charge in [-0.3, -0.25) is 0 Å². The molecule has 0 radical (unpaired) electrons. The number of nitrogens with zero attached hydrogens (tertiary/aromatic N) is 2. The van der Waals surface area contributed by atoms with Gasteiger partial charge in [0.2, 0.25) is 0 Å². The van der Waals surface area contributed by atoms with E-state index >= 15 is 0 Å². The number of benzene rings is 1. The van der Waals surface area contributed by atoms with Crippen molar-refractivity contribution in [3.63, 3.8) is 0 Å². The minimum atomic E-state index is 0.299. The Balaban J connectivity index is 1.78. The standard InChI is InChI=1S/C15H14N2OS/c18-13-5-3-12(4-6-13)11-17-8-7-16-15(17)10-14-2-1-9-19-14/h1-9,18H,10-11H2. The van der Waals surface area contributed by atoms with E-state index in [0.29, 0.717) is 5.75 Å². The Morgan fingerprint density at radius 1 is 1.16 bits per heavy atom. The highest BCUT2D eigenvalue weighted by Gasteiger charge is 2.05. The molecule has 0 bridgehead atoms. The van der Waals surface area contributed by atoms with Crippen molar-refractivity contribution in [2.75, 3.05) is 0 Å². The molecule has 0 spiro atoms. The first-order valence-corrected chi connectivity index (χ1v) is 6.99. The summed E-state index contributed by atoms with van der Waals surface area (Å²) >= 11 is 1.75. The fraction of sp³-hybridized carbons (Fsp3) is 0.133. The second kappa shape index (κ2) is 5.28. The summed E-state index contributed by atoms with van der Waals surface area (Å²) in [5, 5.41) is 11.4. The van der Waals surface area contributed by atoms with E-state index in [9.17, 15) is 5.11 Å². The average Bonchev–Trinajstić information content (AvgIpc) is 3.06. The van der Waals surface area contributed by atoms with Crippen LogP contribution >= 0.6 is 11.3 Å². The van der Waals surface area contributed by atoms with E-state index in [1.165, 1.54) is 4.88 Å². The maximum absolute atomic E-state index is 9.29. The van der Waals surface area contributed by atoms with E-state index in [-0.39, 0.29) is 0 Å². The molecule has 2 aromatic heterocycles. The fourth-order valence-corrected chi connectivity index (χ4v) is 2.72. The van der Waals surface area contributed by atoms with Gasteiger partial charge in [0.25, 0.3) is 0 Å². The Morgan fingerprint density at radius 2 is 2.00 bits per heavy atom. The normalized spacial score (nSPS) is 10.7. The smallest absolute Gasteiger partial charge is 0.115 e. The Hall–Kier alpha value is -2.07. The molecule has 3 nitrogen and oxygen atoms in total. The van der Waals surface area contributed by atoms with E-state index in [1.807, 2.05) is 24.5 Å². The molecule has 0 saturated carbocycles. The van der Waals surface area contributed by atoms with Gasteiger partial charge in [0.1, 0.15) is 11.6 Å². The molecule has 1 aromatic carbocycles. The largest absolute Gasteiger partial charge is 0.508 e. The summed E-state index contributed by atoms with van der Waals surface area (Å²) in [7, 11) is 0. The third-order valence-corrected chi connectivity index (χ3v) is 3.88. The van der Waals surface area contributed by atoms with Crippen molar-refractivity contribution >= 4 is 11.3 Å². The molecular weight excluding hydrogens is 256 g/mol. The van der Waals surface area contributed by atoms with Gasteiger partial charge in [0.15, 0.2) is 0 Å². The van der Waals surface area contributed by atoms with Crippen molar-refractivity contribution in [3.8, 4) is 5.75 Å². The summed E-state index contributed by atoms with van der Waals surface area (Å²) in [6.45, 7) is 0.779. The van der Waals surface area contributed by atoms with E-state index in [4.69, 9.17) is 0 Å². The van der Waals surface area contributed by atoms with Crippen LogP contribution in [-0.4, -0.2) is 14.7 Å². The summed E-state index contributed by atoms with van der Waals surface area (Å²) in [5.41, 5.74) is 1.16. The summed E-state index contributed by atoms with van der Waals surface area (Å²) in [6, 6.07) is 11.5.